The summed E-state index contributed by atoms with van der Waals surface area (Å²) in [5.41, 5.74) is 10.9. The fourth-order valence-electron chi connectivity index (χ4n) is 8.03. The Balaban J connectivity index is 1.31. The summed E-state index contributed by atoms with van der Waals surface area (Å²) in [5, 5.41) is 4.63. The van der Waals surface area contributed by atoms with Crippen LogP contribution < -0.4 is 0 Å². The molecule has 0 radical (unpaired) electrons. The summed E-state index contributed by atoms with van der Waals surface area (Å²) in [6.45, 7) is 0. The van der Waals surface area contributed by atoms with Gasteiger partial charge in [-0.25, -0.2) is 4.98 Å². The largest absolute Gasteiger partial charge is 0.296 e. The zero-order valence-corrected chi connectivity index (χ0v) is 27.0. The quantitative estimate of drug-likeness (QED) is 0.189. The van der Waals surface area contributed by atoms with Crippen molar-refractivity contribution in [3.63, 3.8) is 0 Å². The molecule has 5 aromatic heterocycles. The molecule has 0 N–H and O–H groups in total. The lowest BCUT2D eigenvalue weighted by Crippen LogP contribution is -2.05. The molecule has 0 saturated carbocycles. The van der Waals surface area contributed by atoms with Gasteiger partial charge < -0.3 is 0 Å². The maximum absolute atomic E-state index is 5.58. The van der Waals surface area contributed by atoms with E-state index < -0.39 is 0 Å². The SMILES string of the molecule is c1ccc(-n2c(-n3c4ccccc4c4nc5c6ccccc6n(-c6cc7ccccc7n6-c6ccccc6)c5cc43)cc3ccccc32)cc1. The Labute approximate surface area is 287 Å². The van der Waals surface area contributed by atoms with E-state index >= 15 is 0 Å². The van der Waals surface area contributed by atoms with Gasteiger partial charge in [0.2, 0.25) is 0 Å². The molecule has 0 aliphatic carbocycles. The van der Waals surface area contributed by atoms with Crippen LogP contribution in [0.1, 0.15) is 0 Å². The Morgan fingerprint density at radius 1 is 0.300 bits per heavy atom. The van der Waals surface area contributed by atoms with Crippen molar-refractivity contribution in [2.24, 2.45) is 0 Å². The first-order valence-electron chi connectivity index (χ1n) is 17.0. The molecule has 11 aromatic rings. The first-order valence-corrected chi connectivity index (χ1v) is 17.0. The van der Waals surface area contributed by atoms with Crippen molar-refractivity contribution in [2.45, 2.75) is 0 Å². The second-order valence-electron chi connectivity index (χ2n) is 12.9. The highest BCUT2D eigenvalue weighted by atomic mass is 15.2. The summed E-state index contributed by atoms with van der Waals surface area (Å²) in [7, 11) is 0. The van der Waals surface area contributed by atoms with Crippen molar-refractivity contribution in [3.8, 4) is 23.0 Å². The summed E-state index contributed by atoms with van der Waals surface area (Å²) in [5.74, 6) is 2.15. The van der Waals surface area contributed by atoms with Crippen molar-refractivity contribution in [1.82, 2.24) is 23.3 Å². The number of para-hydroxylation sites is 6. The highest BCUT2D eigenvalue weighted by Gasteiger charge is 2.24. The number of pyridine rings is 1. The average molecular weight is 640 g/mol. The number of fused-ring (bicyclic) bond motifs is 8. The Bertz CT molecular complexity index is 2880. The fraction of sp³-hybridized carbons (Fsp3) is 0. The minimum absolute atomic E-state index is 0.990. The van der Waals surface area contributed by atoms with E-state index in [1.54, 1.807) is 0 Å². The van der Waals surface area contributed by atoms with E-state index in [0.29, 0.717) is 0 Å². The third-order valence-corrected chi connectivity index (χ3v) is 10.1. The Morgan fingerprint density at radius 2 is 0.680 bits per heavy atom. The van der Waals surface area contributed by atoms with Crippen LogP contribution in [0.3, 0.4) is 0 Å². The van der Waals surface area contributed by atoms with E-state index in [9.17, 15) is 0 Å². The van der Waals surface area contributed by atoms with Crippen molar-refractivity contribution in [1.29, 1.82) is 0 Å². The van der Waals surface area contributed by atoms with Crippen LogP contribution in [0.4, 0.5) is 0 Å². The molecular formula is C45H29N5. The van der Waals surface area contributed by atoms with E-state index in [0.717, 1.165) is 77.9 Å². The van der Waals surface area contributed by atoms with Crippen molar-refractivity contribution < 1.29 is 0 Å². The van der Waals surface area contributed by atoms with Crippen LogP contribution in [0, 0.1) is 0 Å². The zero-order valence-electron chi connectivity index (χ0n) is 27.0. The monoisotopic (exact) mass is 639 g/mol. The molecule has 11 rings (SSSR count). The molecule has 50 heavy (non-hydrogen) atoms. The van der Waals surface area contributed by atoms with Gasteiger partial charge in [0, 0.05) is 32.9 Å². The average Bonchev–Trinajstić information content (AvgIpc) is 3.92. The zero-order chi connectivity index (χ0) is 32.8. The number of rotatable bonds is 4. The lowest BCUT2D eigenvalue weighted by molar-refractivity contribution is 0.994. The van der Waals surface area contributed by atoms with Crippen molar-refractivity contribution in [2.75, 3.05) is 0 Å². The van der Waals surface area contributed by atoms with Gasteiger partial charge in [-0.15, -0.1) is 0 Å². The second kappa shape index (κ2) is 10.3. The molecule has 0 fully saturated rings. The predicted molar refractivity (Wildman–Crippen MR) is 207 cm³/mol. The molecule has 0 aliphatic heterocycles. The number of hydrogen-bond donors (Lipinski definition) is 0. The molecule has 0 atom stereocenters. The Morgan fingerprint density at radius 3 is 1.14 bits per heavy atom. The molecule has 0 saturated heterocycles. The third-order valence-electron chi connectivity index (χ3n) is 10.1. The molecule has 234 valence electrons. The van der Waals surface area contributed by atoms with Gasteiger partial charge in [0.05, 0.1) is 44.1 Å². The van der Waals surface area contributed by atoms with Gasteiger partial charge >= 0.3 is 0 Å². The number of hydrogen-bond acceptors (Lipinski definition) is 1. The fourth-order valence-corrected chi connectivity index (χ4v) is 8.03. The van der Waals surface area contributed by atoms with Crippen LogP contribution in [0.2, 0.25) is 0 Å². The van der Waals surface area contributed by atoms with E-state index in [2.05, 4.69) is 194 Å². The number of benzene rings is 6. The first-order chi connectivity index (χ1) is 24.8. The molecule has 0 bridgehead atoms. The molecule has 0 spiro atoms. The minimum Gasteiger partial charge on any atom is -0.296 e. The van der Waals surface area contributed by atoms with E-state index in [4.69, 9.17) is 4.98 Å². The minimum atomic E-state index is 0.990. The summed E-state index contributed by atoms with van der Waals surface area (Å²) in [6.07, 6.45) is 0. The lowest BCUT2D eigenvalue weighted by atomic mass is 10.2. The molecule has 0 amide bonds. The van der Waals surface area contributed by atoms with Crippen LogP contribution in [0.25, 0.3) is 88.7 Å². The maximum atomic E-state index is 5.58. The van der Waals surface area contributed by atoms with Gasteiger partial charge in [0.1, 0.15) is 11.6 Å². The number of nitrogens with zero attached hydrogens (tertiary/aromatic N) is 5. The second-order valence-corrected chi connectivity index (χ2v) is 12.9. The maximum Gasteiger partial charge on any atom is 0.123 e. The molecule has 5 heterocycles. The summed E-state index contributed by atoms with van der Waals surface area (Å²) >= 11 is 0. The summed E-state index contributed by atoms with van der Waals surface area (Å²) in [6, 6.07) is 62.9. The van der Waals surface area contributed by atoms with Crippen LogP contribution in [0.15, 0.2) is 176 Å². The highest BCUT2D eigenvalue weighted by molar-refractivity contribution is 6.15. The highest BCUT2D eigenvalue weighted by Crippen LogP contribution is 2.40. The van der Waals surface area contributed by atoms with Crippen LogP contribution in [-0.2, 0) is 0 Å². The van der Waals surface area contributed by atoms with E-state index in [1.807, 2.05) is 0 Å². The standard InChI is InChI=1S/C45H29N5/c1-3-17-32(18-4-1)47-36-23-11-7-15-30(36)27-42(47)49-38-25-13-9-21-34(38)44-40(49)29-41-45(46-44)35-22-10-14-26-39(35)50(41)43-28-31-16-8-12-24-37(31)48(43)33-19-5-2-6-20-33/h1-29H. The van der Waals surface area contributed by atoms with Crippen molar-refractivity contribution >= 4 is 65.7 Å². The van der Waals surface area contributed by atoms with Crippen LogP contribution in [0.5, 0.6) is 0 Å². The van der Waals surface area contributed by atoms with Gasteiger partial charge in [-0.05, 0) is 66.7 Å². The molecule has 6 aromatic carbocycles. The van der Waals surface area contributed by atoms with Gasteiger partial charge in [-0.2, -0.15) is 0 Å². The van der Waals surface area contributed by atoms with Crippen LogP contribution in [-0.4, -0.2) is 23.3 Å². The number of aromatic nitrogens is 5. The Hall–Kier alpha value is -6.85. The predicted octanol–water partition coefficient (Wildman–Crippen LogP) is 11.2. The normalized spacial score (nSPS) is 12.0. The third kappa shape index (κ3) is 3.74. The summed E-state index contributed by atoms with van der Waals surface area (Å²) < 4.78 is 9.54. The molecule has 5 nitrogen and oxygen atoms in total. The summed E-state index contributed by atoms with van der Waals surface area (Å²) in [4.78, 5) is 5.58. The van der Waals surface area contributed by atoms with Gasteiger partial charge in [0.15, 0.2) is 0 Å². The molecule has 0 aliphatic rings. The van der Waals surface area contributed by atoms with E-state index in [-0.39, 0.29) is 0 Å². The van der Waals surface area contributed by atoms with Gasteiger partial charge in [0.25, 0.3) is 0 Å². The molecule has 5 heteroatoms. The Kier molecular flexibility index (Phi) is 5.60. The smallest absolute Gasteiger partial charge is 0.123 e. The van der Waals surface area contributed by atoms with Crippen LogP contribution >= 0.6 is 0 Å². The van der Waals surface area contributed by atoms with E-state index in [1.165, 1.54) is 10.8 Å². The van der Waals surface area contributed by atoms with Crippen molar-refractivity contribution in [3.05, 3.63) is 176 Å². The first kappa shape index (κ1) is 27.1. The molecule has 0 unspecified atom stereocenters. The lowest BCUT2D eigenvalue weighted by Gasteiger charge is -2.15. The van der Waals surface area contributed by atoms with Gasteiger partial charge in [-0.3, -0.25) is 18.3 Å². The van der Waals surface area contributed by atoms with Gasteiger partial charge in [-0.1, -0.05) is 109 Å². The topological polar surface area (TPSA) is 32.6 Å². The molecular weight excluding hydrogens is 611 g/mol.